The third-order valence-corrected chi connectivity index (χ3v) is 3.93. The molecule has 1 aliphatic rings. The molecule has 2 amide bonds. The van der Waals surface area contributed by atoms with E-state index in [4.69, 9.17) is 5.73 Å². The zero-order valence-corrected chi connectivity index (χ0v) is 12.5. The smallest absolute Gasteiger partial charge is 0.227 e. The number of benzene rings is 1. The maximum Gasteiger partial charge on any atom is 0.227 e. The molecule has 1 saturated heterocycles. The van der Waals surface area contributed by atoms with Crippen molar-refractivity contribution in [3.8, 4) is 0 Å². The Morgan fingerprint density at radius 1 is 1.43 bits per heavy atom. The maximum absolute atomic E-state index is 12.1. The van der Waals surface area contributed by atoms with E-state index >= 15 is 0 Å². The molecule has 0 aromatic heterocycles. The van der Waals surface area contributed by atoms with Crippen LogP contribution in [-0.4, -0.2) is 24.9 Å². The lowest BCUT2D eigenvalue weighted by molar-refractivity contribution is -0.118. The first-order valence-electron chi connectivity index (χ1n) is 7.55. The molecule has 0 aliphatic carbocycles. The molecule has 1 atom stereocenters. The summed E-state index contributed by atoms with van der Waals surface area (Å²) in [5.74, 6) is 0.266. The van der Waals surface area contributed by atoms with Gasteiger partial charge in [-0.3, -0.25) is 9.59 Å². The van der Waals surface area contributed by atoms with Gasteiger partial charge in [0, 0.05) is 19.4 Å². The van der Waals surface area contributed by atoms with Crippen LogP contribution in [0.3, 0.4) is 0 Å². The Morgan fingerprint density at radius 2 is 2.19 bits per heavy atom. The first kappa shape index (κ1) is 15.5. The number of hydrogen-bond donors (Lipinski definition) is 2. The Bertz CT molecular complexity index is 512. The predicted octanol–water partition coefficient (Wildman–Crippen LogP) is 2.13. The normalized spacial score (nSPS) is 16.1. The monoisotopic (exact) mass is 289 g/mol. The molecule has 1 aromatic carbocycles. The van der Waals surface area contributed by atoms with Gasteiger partial charge >= 0.3 is 0 Å². The van der Waals surface area contributed by atoms with Gasteiger partial charge in [-0.05, 0) is 31.0 Å². The highest BCUT2D eigenvalue weighted by molar-refractivity contribution is 6.02. The van der Waals surface area contributed by atoms with E-state index in [9.17, 15) is 9.59 Å². The van der Waals surface area contributed by atoms with E-state index in [2.05, 4.69) is 5.32 Å². The Hall–Kier alpha value is -1.88. The Kier molecular flexibility index (Phi) is 5.33. The lowest BCUT2D eigenvalue weighted by Crippen LogP contribution is -2.26. The van der Waals surface area contributed by atoms with Crippen molar-refractivity contribution in [1.82, 2.24) is 0 Å². The molecule has 0 saturated carbocycles. The zero-order valence-electron chi connectivity index (χ0n) is 12.5. The molecule has 1 heterocycles. The van der Waals surface area contributed by atoms with Crippen LogP contribution in [0.2, 0.25) is 0 Å². The molecule has 2 rings (SSSR count). The van der Waals surface area contributed by atoms with Gasteiger partial charge in [0.1, 0.15) is 0 Å². The summed E-state index contributed by atoms with van der Waals surface area (Å²) in [6.07, 6.45) is 2.74. The first-order valence-corrected chi connectivity index (χ1v) is 7.55. The van der Waals surface area contributed by atoms with E-state index in [1.54, 1.807) is 4.90 Å². The second kappa shape index (κ2) is 7.22. The van der Waals surface area contributed by atoms with Gasteiger partial charge in [-0.15, -0.1) is 0 Å². The van der Waals surface area contributed by atoms with Crippen LogP contribution in [0.15, 0.2) is 24.3 Å². The zero-order chi connectivity index (χ0) is 15.2. The number of carbonyl (C=O) groups excluding carboxylic acids is 2. The molecule has 1 unspecified atom stereocenters. The number of nitrogens with two attached hydrogens (primary N) is 1. The topological polar surface area (TPSA) is 75.4 Å². The largest absolute Gasteiger partial charge is 0.330 e. The molecular formula is C16H23N3O2. The van der Waals surface area contributed by atoms with E-state index in [0.29, 0.717) is 31.6 Å². The van der Waals surface area contributed by atoms with Crippen molar-refractivity contribution >= 4 is 23.2 Å². The van der Waals surface area contributed by atoms with E-state index in [-0.39, 0.29) is 17.7 Å². The molecule has 1 aromatic rings. The number of para-hydroxylation sites is 2. The van der Waals surface area contributed by atoms with E-state index in [0.717, 1.165) is 18.5 Å². The van der Waals surface area contributed by atoms with Gasteiger partial charge in [-0.1, -0.05) is 25.5 Å². The summed E-state index contributed by atoms with van der Waals surface area (Å²) in [6.45, 7) is 3.25. The van der Waals surface area contributed by atoms with E-state index in [1.165, 1.54) is 0 Å². The molecule has 3 N–H and O–H groups in total. The summed E-state index contributed by atoms with van der Waals surface area (Å²) in [5, 5.41) is 2.92. The highest BCUT2D eigenvalue weighted by Crippen LogP contribution is 2.29. The van der Waals surface area contributed by atoms with Gasteiger partial charge in [-0.2, -0.15) is 0 Å². The molecular weight excluding hydrogens is 266 g/mol. The first-order chi connectivity index (χ1) is 10.2. The number of amides is 2. The van der Waals surface area contributed by atoms with Crippen molar-refractivity contribution in [2.45, 2.75) is 32.6 Å². The fourth-order valence-electron chi connectivity index (χ4n) is 2.58. The molecule has 5 nitrogen and oxygen atoms in total. The molecule has 1 fully saturated rings. The summed E-state index contributed by atoms with van der Waals surface area (Å²) < 4.78 is 0. The summed E-state index contributed by atoms with van der Waals surface area (Å²) in [7, 11) is 0. The van der Waals surface area contributed by atoms with Gasteiger partial charge in [-0.25, -0.2) is 0 Å². The van der Waals surface area contributed by atoms with E-state index < -0.39 is 0 Å². The second-order valence-electron chi connectivity index (χ2n) is 5.43. The average molecular weight is 289 g/mol. The lowest BCUT2D eigenvalue weighted by atomic mass is 10.0. The molecule has 1 aliphatic heterocycles. The van der Waals surface area contributed by atoms with Gasteiger partial charge < -0.3 is 16.0 Å². The highest BCUT2D eigenvalue weighted by atomic mass is 16.2. The van der Waals surface area contributed by atoms with Gasteiger partial charge in [0.25, 0.3) is 0 Å². The van der Waals surface area contributed by atoms with Crippen LogP contribution in [0.25, 0.3) is 0 Å². The van der Waals surface area contributed by atoms with Crippen molar-refractivity contribution < 1.29 is 9.59 Å². The molecule has 114 valence electrons. The average Bonchev–Trinajstić information content (AvgIpc) is 2.91. The number of carbonyl (C=O) groups is 2. The molecule has 0 spiro atoms. The van der Waals surface area contributed by atoms with E-state index in [1.807, 2.05) is 31.2 Å². The van der Waals surface area contributed by atoms with Gasteiger partial charge in [0.05, 0.1) is 11.4 Å². The summed E-state index contributed by atoms with van der Waals surface area (Å²) in [6, 6.07) is 7.45. The fourth-order valence-corrected chi connectivity index (χ4v) is 2.58. The number of nitrogens with zero attached hydrogens (tertiary/aromatic N) is 1. The van der Waals surface area contributed by atoms with Crippen LogP contribution < -0.4 is 16.0 Å². The third kappa shape index (κ3) is 3.82. The van der Waals surface area contributed by atoms with Gasteiger partial charge in [0.2, 0.25) is 11.8 Å². The van der Waals surface area contributed by atoms with Crippen LogP contribution >= 0.6 is 0 Å². The predicted molar refractivity (Wildman–Crippen MR) is 84.1 cm³/mol. The third-order valence-electron chi connectivity index (χ3n) is 3.93. The van der Waals surface area contributed by atoms with Crippen LogP contribution in [0.1, 0.15) is 32.6 Å². The van der Waals surface area contributed by atoms with Crippen LogP contribution in [0.4, 0.5) is 11.4 Å². The molecule has 0 radical (unpaired) electrons. The molecule has 21 heavy (non-hydrogen) atoms. The molecule has 5 heteroatoms. The Balaban J connectivity index is 2.10. The Morgan fingerprint density at radius 3 is 2.81 bits per heavy atom. The van der Waals surface area contributed by atoms with Crippen molar-refractivity contribution in [1.29, 1.82) is 0 Å². The van der Waals surface area contributed by atoms with Crippen LogP contribution in [-0.2, 0) is 9.59 Å². The fraction of sp³-hybridized carbons (Fsp3) is 0.500. The summed E-state index contributed by atoms with van der Waals surface area (Å²) in [5.41, 5.74) is 7.12. The minimum atomic E-state index is -0.0496. The lowest BCUT2D eigenvalue weighted by Gasteiger charge is -2.20. The van der Waals surface area contributed by atoms with Gasteiger partial charge in [0.15, 0.2) is 0 Å². The highest BCUT2D eigenvalue weighted by Gasteiger charge is 2.24. The standard InChI is InChI=1S/C16H23N3O2/c1-2-12(11-17)10-15(20)18-13-6-3-4-7-14(13)19-9-5-8-16(19)21/h3-4,6-7,12H,2,5,8-11,17H2,1H3,(H,18,20). The molecule has 0 bridgehead atoms. The summed E-state index contributed by atoms with van der Waals surface area (Å²) in [4.78, 5) is 25.7. The summed E-state index contributed by atoms with van der Waals surface area (Å²) >= 11 is 0. The number of hydrogen-bond acceptors (Lipinski definition) is 3. The van der Waals surface area contributed by atoms with Crippen LogP contribution in [0.5, 0.6) is 0 Å². The maximum atomic E-state index is 12.1. The number of rotatable bonds is 6. The minimum Gasteiger partial charge on any atom is -0.330 e. The van der Waals surface area contributed by atoms with Crippen molar-refractivity contribution in [2.75, 3.05) is 23.3 Å². The number of nitrogens with one attached hydrogen (secondary N) is 1. The SMILES string of the molecule is CCC(CN)CC(=O)Nc1ccccc1N1CCCC1=O. The second-order valence-corrected chi connectivity index (χ2v) is 5.43. The minimum absolute atomic E-state index is 0.0496. The Labute approximate surface area is 125 Å². The quantitative estimate of drug-likeness (QED) is 0.842. The number of anilines is 2. The van der Waals surface area contributed by atoms with Crippen molar-refractivity contribution in [2.24, 2.45) is 11.7 Å². The van der Waals surface area contributed by atoms with Crippen molar-refractivity contribution in [3.05, 3.63) is 24.3 Å². The van der Waals surface area contributed by atoms with Crippen LogP contribution in [0, 0.1) is 5.92 Å². The van der Waals surface area contributed by atoms with Crippen molar-refractivity contribution in [3.63, 3.8) is 0 Å².